The van der Waals surface area contributed by atoms with Gasteiger partial charge in [0, 0.05) is 0 Å². The maximum Gasteiger partial charge on any atom is 0.270 e. The number of carbonyl (C=O) groups excluding carboxylic acids is 1. The Morgan fingerprint density at radius 2 is 1.78 bits per heavy atom. The largest absolute Gasteiger partial charge is 0.508 e. The summed E-state index contributed by atoms with van der Waals surface area (Å²) in [6, 6.07) is 14.6. The molecule has 1 aliphatic heterocycles. The number of phenols is 1. The molecule has 3 rings (SSSR count). The number of thiocarbonyl (C=S) groups is 1. The zero-order chi connectivity index (χ0) is 16.4. The van der Waals surface area contributed by atoms with Crippen LogP contribution in [0.2, 0.25) is 0 Å². The van der Waals surface area contributed by atoms with Crippen molar-refractivity contribution in [2.24, 2.45) is 0 Å². The lowest BCUT2D eigenvalue weighted by molar-refractivity contribution is -0.113. The van der Waals surface area contributed by atoms with E-state index in [2.05, 4.69) is 6.92 Å². The second-order valence-electron chi connectivity index (χ2n) is 5.13. The van der Waals surface area contributed by atoms with Crippen LogP contribution in [-0.4, -0.2) is 15.3 Å². The van der Waals surface area contributed by atoms with Crippen LogP contribution in [0.25, 0.3) is 6.08 Å². The van der Waals surface area contributed by atoms with Gasteiger partial charge in [-0.2, -0.15) is 0 Å². The van der Waals surface area contributed by atoms with Gasteiger partial charge in [-0.15, -0.1) is 0 Å². The van der Waals surface area contributed by atoms with Gasteiger partial charge in [-0.1, -0.05) is 55.2 Å². The predicted octanol–water partition coefficient (Wildman–Crippen LogP) is 4.36. The first-order valence-electron chi connectivity index (χ1n) is 7.24. The van der Waals surface area contributed by atoms with Gasteiger partial charge in [0.25, 0.3) is 5.91 Å². The van der Waals surface area contributed by atoms with E-state index in [1.807, 2.05) is 24.3 Å². The molecule has 1 saturated heterocycles. The van der Waals surface area contributed by atoms with E-state index in [1.165, 1.54) is 17.3 Å². The van der Waals surface area contributed by atoms with E-state index in [9.17, 15) is 9.90 Å². The van der Waals surface area contributed by atoms with E-state index in [4.69, 9.17) is 12.2 Å². The van der Waals surface area contributed by atoms with Crippen LogP contribution in [0.1, 0.15) is 18.1 Å². The normalized spacial score (nSPS) is 16.4. The number of aryl methyl sites for hydroxylation is 1. The van der Waals surface area contributed by atoms with Gasteiger partial charge in [0.05, 0.1) is 10.6 Å². The average Bonchev–Trinajstić information content (AvgIpc) is 2.84. The van der Waals surface area contributed by atoms with Crippen LogP contribution in [0.15, 0.2) is 53.4 Å². The Kier molecular flexibility index (Phi) is 4.50. The summed E-state index contributed by atoms with van der Waals surface area (Å²) in [6.45, 7) is 2.09. The lowest BCUT2D eigenvalue weighted by Gasteiger charge is -2.14. The third-order valence-corrected chi connectivity index (χ3v) is 4.89. The number of carbonyl (C=O) groups is 1. The zero-order valence-electron chi connectivity index (χ0n) is 12.5. The third-order valence-electron chi connectivity index (χ3n) is 3.59. The van der Waals surface area contributed by atoms with Crippen LogP contribution in [0.3, 0.4) is 0 Å². The zero-order valence-corrected chi connectivity index (χ0v) is 14.2. The number of amides is 1. The Morgan fingerprint density at radius 1 is 1.13 bits per heavy atom. The minimum atomic E-state index is -0.114. The number of nitrogens with zero attached hydrogens (tertiary/aromatic N) is 1. The molecule has 0 aliphatic carbocycles. The predicted molar refractivity (Wildman–Crippen MR) is 99.6 cm³/mol. The molecule has 0 saturated carbocycles. The first-order chi connectivity index (χ1) is 11.1. The van der Waals surface area contributed by atoms with E-state index in [1.54, 1.807) is 35.2 Å². The molecule has 2 aromatic rings. The second-order valence-corrected chi connectivity index (χ2v) is 6.80. The van der Waals surface area contributed by atoms with Crippen molar-refractivity contribution in [2.75, 3.05) is 4.90 Å². The van der Waals surface area contributed by atoms with Crippen LogP contribution >= 0.6 is 24.0 Å². The molecule has 0 atom stereocenters. The minimum Gasteiger partial charge on any atom is -0.508 e. The van der Waals surface area contributed by atoms with Gasteiger partial charge in [-0.05, 0) is 47.9 Å². The first kappa shape index (κ1) is 15.8. The first-order valence-corrected chi connectivity index (χ1v) is 8.47. The van der Waals surface area contributed by atoms with Gasteiger partial charge in [-0.25, -0.2) is 0 Å². The maximum atomic E-state index is 12.6. The molecular formula is C18H15NO2S2. The SMILES string of the molecule is CCc1ccc(N2C(=O)C(=Cc3ccc(O)cc3)SC2=S)cc1. The highest BCUT2D eigenvalue weighted by Gasteiger charge is 2.33. The molecule has 1 heterocycles. The molecule has 1 aliphatic rings. The van der Waals surface area contributed by atoms with Crippen LogP contribution < -0.4 is 4.90 Å². The van der Waals surface area contributed by atoms with Gasteiger partial charge < -0.3 is 5.11 Å². The summed E-state index contributed by atoms with van der Waals surface area (Å²) in [4.78, 5) is 14.8. The Labute approximate surface area is 144 Å². The molecule has 0 bridgehead atoms. The molecule has 5 heteroatoms. The summed E-state index contributed by atoms with van der Waals surface area (Å²) in [5, 5.41) is 9.32. The summed E-state index contributed by atoms with van der Waals surface area (Å²) in [5.41, 5.74) is 2.86. The number of aromatic hydroxyl groups is 1. The van der Waals surface area contributed by atoms with Gasteiger partial charge >= 0.3 is 0 Å². The van der Waals surface area contributed by atoms with E-state index in [0.29, 0.717) is 9.23 Å². The number of phenolic OH excluding ortho intramolecular Hbond substituents is 1. The fourth-order valence-electron chi connectivity index (χ4n) is 2.29. The number of rotatable bonds is 3. The smallest absolute Gasteiger partial charge is 0.270 e. The van der Waals surface area contributed by atoms with E-state index < -0.39 is 0 Å². The van der Waals surface area contributed by atoms with E-state index in [-0.39, 0.29) is 11.7 Å². The summed E-state index contributed by atoms with van der Waals surface area (Å²) in [6.07, 6.45) is 2.75. The maximum absolute atomic E-state index is 12.6. The van der Waals surface area contributed by atoms with Gasteiger partial charge in [0.1, 0.15) is 5.75 Å². The molecule has 3 nitrogen and oxygen atoms in total. The molecule has 2 aromatic carbocycles. The van der Waals surface area contributed by atoms with Crippen molar-refractivity contribution in [2.45, 2.75) is 13.3 Å². The Balaban J connectivity index is 1.88. The monoisotopic (exact) mass is 341 g/mol. The summed E-state index contributed by atoms with van der Waals surface area (Å²) in [7, 11) is 0. The van der Waals surface area contributed by atoms with Crippen LogP contribution in [0.4, 0.5) is 5.69 Å². The van der Waals surface area contributed by atoms with Gasteiger partial charge in [0.15, 0.2) is 4.32 Å². The minimum absolute atomic E-state index is 0.114. The fraction of sp³-hybridized carbons (Fsp3) is 0.111. The van der Waals surface area contributed by atoms with Crippen molar-refractivity contribution >= 4 is 46.0 Å². The third kappa shape index (κ3) is 3.30. The molecule has 23 heavy (non-hydrogen) atoms. The molecule has 116 valence electrons. The van der Waals surface area contributed by atoms with Crippen LogP contribution in [0.5, 0.6) is 5.75 Å². The molecule has 0 spiro atoms. The number of thioether (sulfide) groups is 1. The lowest BCUT2D eigenvalue weighted by atomic mass is 10.1. The summed E-state index contributed by atoms with van der Waals surface area (Å²) in [5.74, 6) is 0.0861. The van der Waals surface area contributed by atoms with Crippen molar-refractivity contribution in [3.63, 3.8) is 0 Å². The molecule has 1 N–H and O–H groups in total. The van der Waals surface area contributed by atoms with Crippen molar-refractivity contribution < 1.29 is 9.90 Å². The number of benzene rings is 2. The van der Waals surface area contributed by atoms with Crippen molar-refractivity contribution in [1.82, 2.24) is 0 Å². The fourth-order valence-corrected chi connectivity index (χ4v) is 3.59. The van der Waals surface area contributed by atoms with Crippen molar-refractivity contribution in [3.05, 3.63) is 64.6 Å². The number of hydrogen-bond donors (Lipinski definition) is 1. The average molecular weight is 341 g/mol. The highest BCUT2D eigenvalue weighted by atomic mass is 32.2. The number of hydrogen-bond acceptors (Lipinski definition) is 4. The molecule has 0 unspecified atom stereocenters. The van der Waals surface area contributed by atoms with E-state index >= 15 is 0 Å². The highest BCUT2D eigenvalue weighted by Crippen LogP contribution is 2.36. The standard InChI is InChI=1S/C18H15NO2S2/c1-2-12-3-7-14(8-4-12)19-17(21)16(23-18(19)22)11-13-5-9-15(20)10-6-13/h3-11,20H,2H2,1H3. The van der Waals surface area contributed by atoms with E-state index in [0.717, 1.165) is 17.7 Å². The molecule has 1 amide bonds. The lowest BCUT2D eigenvalue weighted by Crippen LogP contribution is -2.27. The van der Waals surface area contributed by atoms with Crippen LogP contribution in [0, 0.1) is 0 Å². The molecule has 0 radical (unpaired) electrons. The Morgan fingerprint density at radius 3 is 2.39 bits per heavy atom. The molecule has 0 aromatic heterocycles. The number of anilines is 1. The topological polar surface area (TPSA) is 40.5 Å². The van der Waals surface area contributed by atoms with Crippen molar-refractivity contribution in [3.8, 4) is 5.75 Å². The van der Waals surface area contributed by atoms with Crippen molar-refractivity contribution in [1.29, 1.82) is 0 Å². The van der Waals surface area contributed by atoms with Gasteiger partial charge in [0.2, 0.25) is 0 Å². The highest BCUT2D eigenvalue weighted by molar-refractivity contribution is 8.27. The molecule has 1 fully saturated rings. The van der Waals surface area contributed by atoms with Gasteiger partial charge in [-0.3, -0.25) is 9.69 Å². The molecular weight excluding hydrogens is 326 g/mol. The summed E-state index contributed by atoms with van der Waals surface area (Å²) >= 11 is 6.65. The quantitative estimate of drug-likeness (QED) is 0.665. The second kappa shape index (κ2) is 6.56. The Hall–Kier alpha value is -2.11. The Bertz CT molecular complexity index is 780. The van der Waals surface area contributed by atoms with Crippen LogP contribution in [-0.2, 0) is 11.2 Å². The summed E-state index contributed by atoms with van der Waals surface area (Å²) < 4.78 is 0.532.